The number of halogens is 1. The number of aromatic nitrogens is 2. The molecule has 3 heterocycles. The van der Waals surface area contributed by atoms with Crippen LogP contribution in [0.5, 0.6) is 0 Å². The van der Waals surface area contributed by atoms with E-state index >= 15 is 0 Å². The quantitative estimate of drug-likeness (QED) is 0.312. The van der Waals surface area contributed by atoms with Gasteiger partial charge in [0.2, 0.25) is 0 Å². The fourth-order valence-electron chi connectivity index (χ4n) is 2.38. The van der Waals surface area contributed by atoms with Crippen LogP contribution in [0, 0.1) is 0 Å². The molecule has 1 aliphatic rings. The minimum Gasteiger partial charge on any atom is -1.00 e. The second-order valence-electron chi connectivity index (χ2n) is 4.93. The first-order valence-corrected chi connectivity index (χ1v) is 7.89. The van der Waals surface area contributed by atoms with Gasteiger partial charge in [0.15, 0.2) is 22.7 Å². The third-order valence-electron chi connectivity index (χ3n) is 3.51. The van der Waals surface area contributed by atoms with Gasteiger partial charge in [-0.1, -0.05) is 0 Å². The number of rotatable bonds is 4. The van der Waals surface area contributed by atoms with Gasteiger partial charge < -0.3 is 38.4 Å². The van der Waals surface area contributed by atoms with Crippen molar-refractivity contribution < 1.29 is 42.2 Å². The first kappa shape index (κ1) is 18.1. The number of hydrogen-bond acceptors (Lipinski definition) is 6. The van der Waals surface area contributed by atoms with E-state index in [0.717, 1.165) is 42.4 Å². The highest BCUT2D eigenvalue weighted by Gasteiger charge is 2.25. The molecule has 6 nitrogen and oxygen atoms in total. The van der Waals surface area contributed by atoms with Crippen molar-refractivity contribution >= 4 is 22.5 Å². The summed E-state index contributed by atoms with van der Waals surface area (Å²) in [6.45, 7) is 3.40. The maximum absolute atomic E-state index is 11.5. The fourth-order valence-corrected chi connectivity index (χ4v) is 3.50. The molecule has 23 heavy (non-hydrogen) atoms. The second kappa shape index (κ2) is 8.55. The van der Waals surface area contributed by atoms with Crippen molar-refractivity contribution in [2.75, 3.05) is 38.3 Å². The summed E-state index contributed by atoms with van der Waals surface area (Å²) in [5, 5.41) is 1.15. The molecule has 0 spiro atoms. The molecule has 124 valence electrons. The minimum absolute atomic E-state index is 0. The topological polar surface area (TPSA) is 55.5 Å². The van der Waals surface area contributed by atoms with E-state index in [2.05, 4.69) is 9.88 Å². The lowest BCUT2D eigenvalue weighted by molar-refractivity contribution is -0.616. The Labute approximate surface area is 156 Å². The Balaban J connectivity index is 0.00000192. The third kappa shape index (κ3) is 4.39. The SMILES string of the molecule is COC(=O)C[n+]1cc(-c2ccncc2)c(N2CCOCC2)s1.[I-]. The summed E-state index contributed by atoms with van der Waals surface area (Å²) in [4.78, 5) is 17.9. The number of nitrogens with zero attached hydrogens (tertiary/aromatic N) is 3. The monoisotopic (exact) mass is 447 g/mol. The van der Waals surface area contributed by atoms with Crippen molar-refractivity contribution in [1.82, 2.24) is 4.98 Å². The molecule has 0 bridgehead atoms. The number of carbonyl (C=O) groups is 1. The number of morpholine rings is 1. The molecule has 0 aromatic carbocycles. The van der Waals surface area contributed by atoms with Crippen molar-refractivity contribution in [2.45, 2.75) is 6.54 Å². The minimum atomic E-state index is -0.249. The smallest absolute Gasteiger partial charge is 0.373 e. The van der Waals surface area contributed by atoms with Gasteiger partial charge >= 0.3 is 5.97 Å². The number of carbonyl (C=O) groups excluding carboxylic acids is 1. The number of hydrogen-bond donors (Lipinski definition) is 0. The Morgan fingerprint density at radius 2 is 2.09 bits per heavy atom. The molecule has 0 radical (unpaired) electrons. The van der Waals surface area contributed by atoms with Crippen molar-refractivity contribution in [2.24, 2.45) is 0 Å². The lowest BCUT2D eigenvalue weighted by Gasteiger charge is -2.26. The largest absolute Gasteiger partial charge is 1.00 e. The van der Waals surface area contributed by atoms with E-state index in [1.54, 1.807) is 23.9 Å². The molecule has 0 N–H and O–H groups in total. The lowest BCUT2D eigenvalue weighted by Crippen LogP contribution is -3.00. The summed E-state index contributed by atoms with van der Waals surface area (Å²) in [5.41, 5.74) is 2.20. The molecule has 1 aliphatic heterocycles. The van der Waals surface area contributed by atoms with Crippen LogP contribution in [0.25, 0.3) is 11.1 Å². The zero-order valence-electron chi connectivity index (χ0n) is 12.8. The van der Waals surface area contributed by atoms with Gasteiger partial charge in [-0.3, -0.25) is 4.98 Å². The van der Waals surface area contributed by atoms with Gasteiger partial charge in [0.25, 0.3) is 6.54 Å². The Morgan fingerprint density at radius 3 is 2.74 bits per heavy atom. The van der Waals surface area contributed by atoms with Gasteiger partial charge in [-0.05, 0) is 17.7 Å². The highest BCUT2D eigenvalue weighted by Crippen LogP contribution is 2.33. The summed E-state index contributed by atoms with van der Waals surface area (Å²) in [5.74, 6) is -0.249. The molecule has 0 aliphatic carbocycles. The van der Waals surface area contributed by atoms with Crippen molar-refractivity contribution in [3.05, 3.63) is 30.7 Å². The highest BCUT2D eigenvalue weighted by atomic mass is 127. The molecule has 0 atom stereocenters. The number of ether oxygens (including phenoxy) is 2. The molecule has 0 amide bonds. The Morgan fingerprint density at radius 1 is 1.39 bits per heavy atom. The Kier molecular flexibility index (Phi) is 6.72. The molecule has 1 saturated heterocycles. The van der Waals surface area contributed by atoms with E-state index < -0.39 is 0 Å². The Hall–Kier alpha value is -1.26. The van der Waals surface area contributed by atoms with Crippen LogP contribution in [0.2, 0.25) is 0 Å². The maximum atomic E-state index is 11.5. The van der Waals surface area contributed by atoms with Crippen LogP contribution in [0.15, 0.2) is 30.7 Å². The van der Waals surface area contributed by atoms with E-state index in [0.29, 0.717) is 0 Å². The van der Waals surface area contributed by atoms with Crippen LogP contribution in [-0.4, -0.2) is 44.4 Å². The third-order valence-corrected chi connectivity index (χ3v) is 4.63. The molecular weight excluding hydrogens is 429 g/mol. The average Bonchev–Trinajstić information content (AvgIpc) is 3.00. The molecular formula is C15H18IN3O3S. The number of anilines is 1. The van der Waals surface area contributed by atoms with Crippen molar-refractivity contribution in [1.29, 1.82) is 0 Å². The van der Waals surface area contributed by atoms with Gasteiger partial charge in [-0.2, -0.15) is 0 Å². The first-order valence-electron chi connectivity index (χ1n) is 7.11. The zero-order valence-corrected chi connectivity index (χ0v) is 15.7. The number of esters is 1. The molecule has 8 heteroatoms. The van der Waals surface area contributed by atoms with Crippen molar-refractivity contribution in [3.63, 3.8) is 0 Å². The summed E-state index contributed by atoms with van der Waals surface area (Å²) in [7, 11) is 1.41. The average molecular weight is 447 g/mol. The van der Waals surface area contributed by atoms with Gasteiger partial charge in [-0.25, -0.2) is 4.79 Å². The van der Waals surface area contributed by atoms with Crippen LogP contribution in [0.4, 0.5) is 5.00 Å². The molecule has 2 aromatic rings. The lowest BCUT2D eigenvalue weighted by atomic mass is 10.1. The van der Waals surface area contributed by atoms with Crippen LogP contribution in [0.1, 0.15) is 0 Å². The van der Waals surface area contributed by atoms with E-state index in [4.69, 9.17) is 9.47 Å². The first-order chi connectivity index (χ1) is 10.8. The molecule has 0 unspecified atom stereocenters. The van der Waals surface area contributed by atoms with Crippen molar-refractivity contribution in [3.8, 4) is 11.1 Å². The Bertz CT molecular complexity index is 645. The van der Waals surface area contributed by atoms with Crippen LogP contribution in [0.3, 0.4) is 0 Å². The highest BCUT2D eigenvalue weighted by molar-refractivity contribution is 7.07. The predicted octanol–water partition coefficient (Wildman–Crippen LogP) is -1.89. The van der Waals surface area contributed by atoms with Crippen LogP contribution < -0.4 is 32.8 Å². The van der Waals surface area contributed by atoms with E-state index in [1.807, 2.05) is 22.3 Å². The van der Waals surface area contributed by atoms with E-state index in [1.165, 1.54) is 7.11 Å². The molecule has 3 rings (SSSR count). The summed E-state index contributed by atoms with van der Waals surface area (Å²) in [6.07, 6.45) is 5.56. The van der Waals surface area contributed by atoms with Gasteiger partial charge in [0.1, 0.15) is 0 Å². The van der Waals surface area contributed by atoms with Crippen LogP contribution >= 0.6 is 11.5 Å². The van der Waals surface area contributed by atoms with Gasteiger partial charge in [-0.15, -0.1) is 3.96 Å². The van der Waals surface area contributed by atoms with E-state index in [9.17, 15) is 4.79 Å². The summed E-state index contributed by atoms with van der Waals surface area (Å²) < 4.78 is 12.1. The summed E-state index contributed by atoms with van der Waals surface area (Å²) >= 11 is 1.57. The van der Waals surface area contributed by atoms with Crippen LogP contribution in [-0.2, 0) is 20.8 Å². The molecule has 0 saturated carbocycles. The second-order valence-corrected chi connectivity index (χ2v) is 5.96. The molecule has 1 fully saturated rings. The van der Waals surface area contributed by atoms with Gasteiger partial charge in [0.05, 0.1) is 25.9 Å². The van der Waals surface area contributed by atoms with E-state index in [-0.39, 0.29) is 36.5 Å². The molecule has 2 aromatic heterocycles. The fraction of sp³-hybridized carbons (Fsp3) is 0.400. The normalized spacial score (nSPS) is 14.2. The number of methoxy groups -OCH3 is 1. The zero-order chi connectivity index (χ0) is 15.4. The predicted molar refractivity (Wildman–Crippen MR) is 82.8 cm³/mol. The standard InChI is InChI=1S/C15H18N3O3S.HI/c1-20-14(19)11-18-10-13(12-2-4-16-5-3-12)15(22-18)17-6-8-21-9-7-17;/h2-5,10H,6-9,11H2,1H3;1H/q+1;/p-1. The maximum Gasteiger partial charge on any atom is 0.373 e. The van der Waals surface area contributed by atoms with Gasteiger partial charge in [0, 0.05) is 25.5 Å². The summed E-state index contributed by atoms with van der Waals surface area (Å²) in [6, 6.07) is 3.96. The number of pyridine rings is 1.